The van der Waals surface area contributed by atoms with Crippen LogP contribution in [0, 0.1) is 0 Å². The second-order valence-corrected chi connectivity index (χ2v) is 1.64. The molecule has 1 atom stereocenters. The Balaban J connectivity index is 2.83. The van der Waals surface area contributed by atoms with Crippen LogP contribution < -0.4 is 5.73 Å². The third kappa shape index (κ3) is 3.76. The lowest BCUT2D eigenvalue weighted by Gasteiger charge is -2.01. The molecule has 2 heteroatoms. The van der Waals surface area contributed by atoms with Gasteiger partial charge in [-0.25, -0.2) is 0 Å². The van der Waals surface area contributed by atoms with Gasteiger partial charge in [-0.3, -0.25) is 0 Å². The maximum Gasteiger partial charge on any atom is 0.0549 e. The average Bonchev–Trinajstić information content (AvgIpc) is 1.68. The van der Waals surface area contributed by atoms with Crippen molar-refractivity contribution in [3.63, 3.8) is 0 Å². The van der Waals surface area contributed by atoms with E-state index in [0.29, 0.717) is 6.54 Å². The van der Waals surface area contributed by atoms with Gasteiger partial charge in [0.2, 0.25) is 0 Å². The Labute approximate surface area is 44.3 Å². The fourth-order valence-electron chi connectivity index (χ4n) is 0.397. The van der Waals surface area contributed by atoms with Crippen LogP contribution in [0.5, 0.6) is 0 Å². The predicted octanol–water partition coefficient (Wildman–Crippen LogP) is 0.106. The number of nitrogens with two attached hydrogens (primary N) is 1. The van der Waals surface area contributed by atoms with E-state index in [4.69, 9.17) is 10.8 Å². The highest BCUT2D eigenvalue weighted by atomic mass is 16.3. The van der Waals surface area contributed by atoms with Crippen molar-refractivity contribution in [1.82, 2.24) is 0 Å². The van der Waals surface area contributed by atoms with Gasteiger partial charge >= 0.3 is 0 Å². The molecule has 0 rings (SSSR count). The van der Waals surface area contributed by atoms with Gasteiger partial charge in [-0.1, -0.05) is 6.92 Å². The molecule has 0 aromatic heterocycles. The van der Waals surface area contributed by atoms with Crippen LogP contribution in [0.15, 0.2) is 0 Å². The first-order chi connectivity index (χ1) is 3.31. The molecule has 1 unspecified atom stereocenters. The van der Waals surface area contributed by atoms with Crippen LogP contribution in [0.4, 0.5) is 0 Å². The number of hydrogen-bond donors (Lipinski definition) is 2. The quantitative estimate of drug-likeness (QED) is 0.532. The normalized spacial score (nSPS) is 14.1. The summed E-state index contributed by atoms with van der Waals surface area (Å²) in [4.78, 5) is 0. The highest BCUT2D eigenvalue weighted by Crippen LogP contribution is 1.91. The highest BCUT2D eigenvalue weighted by Gasteiger charge is 1.94. The van der Waals surface area contributed by atoms with Crippen molar-refractivity contribution in [3.05, 3.63) is 0 Å². The van der Waals surface area contributed by atoms with Gasteiger partial charge in [0.1, 0.15) is 0 Å². The molecule has 44 valence electrons. The molecule has 0 radical (unpaired) electrons. The molecule has 0 heterocycles. The standard InChI is InChI=1S/C5H13NO/c1-2-5(7)3-4-6/h5,7H,2-4,6H2,1H3. The summed E-state index contributed by atoms with van der Waals surface area (Å²) in [5.41, 5.74) is 5.14. The molecular weight excluding hydrogens is 90.1 g/mol. The van der Waals surface area contributed by atoms with Gasteiger partial charge in [0.05, 0.1) is 6.10 Å². The minimum atomic E-state index is -0.176. The van der Waals surface area contributed by atoms with Crippen LogP contribution >= 0.6 is 0 Å². The van der Waals surface area contributed by atoms with Gasteiger partial charge in [0.15, 0.2) is 0 Å². The zero-order chi connectivity index (χ0) is 5.70. The summed E-state index contributed by atoms with van der Waals surface area (Å²) in [5.74, 6) is 0. The number of rotatable bonds is 3. The van der Waals surface area contributed by atoms with E-state index in [1.54, 1.807) is 0 Å². The monoisotopic (exact) mass is 103 g/mol. The van der Waals surface area contributed by atoms with Gasteiger partial charge in [-0.05, 0) is 19.4 Å². The molecule has 3 N–H and O–H groups in total. The molecule has 0 bridgehead atoms. The molecule has 0 aromatic carbocycles. The van der Waals surface area contributed by atoms with E-state index in [0.717, 1.165) is 12.8 Å². The largest absolute Gasteiger partial charge is 0.393 e. The summed E-state index contributed by atoms with van der Waals surface area (Å²) in [6.45, 7) is 2.54. The molecule has 0 aliphatic heterocycles. The average molecular weight is 103 g/mol. The van der Waals surface area contributed by atoms with Gasteiger partial charge in [-0.2, -0.15) is 0 Å². The zero-order valence-electron chi connectivity index (χ0n) is 4.72. The van der Waals surface area contributed by atoms with E-state index in [2.05, 4.69) is 0 Å². The van der Waals surface area contributed by atoms with Gasteiger partial charge < -0.3 is 10.8 Å². The van der Waals surface area contributed by atoms with Crippen molar-refractivity contribution in [2.24, 2.45) is 5.73 Å². The van der Waals surface area contributed by atoms with E-state index in [1.165, 1.54) is 0 Å². The molecule has 0 aliphatic rings. The summed E-state index contributed by atoms with van der Waals surface area (Å²) in [6.07, 6.45) is 1.37. The van der Waals surface area contributed by atoms with Crippen molar-refractivity contribution in [2.45, 2.75) is 25.9 Å². The maximum atomic E-state index is 8.78. The Morgan fingerprint density at radius 3 is 2.43 bits per heavy atom. The minimum absolute atomic E-state index is 0.176. The Hall–Kier alpha value is -0.0800. The Morgan fingerprint density at radius 1 is 1.71 bits per heavy atom. The lowest BCUT2D eigenvalue weighted by atomic mass is 10.2. The fourth-order valence-corrected chi connectivity index (χ4v) is 0.397. The molecule has 2 nitrogen and oxygen atoms in total. The molecule has 0 saturated heterocycles. The molecule has 0 amide bonds. The summed E-state index contributed by atoms with van der Waals surface area (Å²) >= 11 is 0. The maximum absolute atomic E-state index is 8.78. The van der Waals surface area contributed by atoms with E-state index in [-0.39, 0.29) is 6.10 Å². The zero-order valence-corrected chi connectivity index (χ0v) is 4.72. The smallest absolute Gasteiger partial charge is 0.0549 e. The molecule has 0 aliphatic carbocycles. The van der Waals surface area contributed by atoms with Crippen LogP contribution in [-0.2, 0) is 0 Å². The SMILES string of the molecule is CCC(O)CCN. The van der Waals surface area contributed by atoms with Crippen molar-refractivity contribution in [2.75, 3.05) is 6.54 Å². The highest BCUT2D eigenvalue weighted by molar-refractivity contribution is 4.50. The third-order valence-electron chi connectivity index (χ3n) is 0.971. The Morgan fingerprint density at radius 2 is 2.29 bits per heavy atom. The predicted molar refractivity (Wildman–Crippen MR) is 30.0 cm³/mol. The first-order valence-corrected chi connectivity index (χ1v) is 2.69. The van der Waals surface area contributed by atoms with Gasteiger partial charge in [0, 0.05) is 0 Å². The first kappa shape index (κ1) is 6.92. The molecule has 0 spiro atoms. The van der Waals surface area contributed by atoms with E-state index in [9.17, 15) is 0 Å². The van der Waals surface area contributed by atoms with Gasteiger partial charge in [-0.15, -0.1) is 0 Å². The van der Waals surface area contributed by atoms with Crippen LogP contribution in [0.2, 0.25) is 0 Å². The molecule has 0 saturated carbocycles. The Bertz CT molecular complexity index is 39.1. The molecule has 7 heavy (non-hydrogen) atoms. The minimum Gasteiger partial charge on any atom is -0.393 e. The van der Waals surface area contributed by atoms with E-state index >= 15 is 0 Å². The molecule has 0 fully saturated rings. The lowest BCUT2D eigenvalue weighted by molar-refractivity contribution is 0.163. The van der Waals surface area contributed by atoms with Crippen molar-refractivity contribution < 1.29 is 5.11 Å². The van der Waals surface area contributed by atoms with Crippen LogP contribution in [0.3, 0.4) is 0 Å². The van der Waals surface area contributed by atoms with E-state index < -0.39 is 0 Å². The lowest BCUT2D eigenvalue weighted by Crippen LogP contribution is -2.11. The third-order valence-corrected chi connectivity index (χ3v) is 0.971. The molecule has 0 aromatic rings. The summed E-state index contributed by atoms with van der Waals surface area (Å²) in [7, 11) is 0. The fraction of sp³-hybridized carbons (Fsp3) is 1.00. The summed E-state index contributed by atoms with van der Waals surface area (Å²) in [6, 6.07) is 0. The van der Waals surface area contributed by atoms with Crippen LogP contribution in [0.25, 0.3) is 0 Å². The summed E-state index contributed by atoms with van der Waals surface area (Å²) in [5, 5.41) is 8.78. The second-order valence-electron chi connectivity index (χ2n) is 1.64. The van der Waals surface area contributed by atoms with Crippen molar-refractivity contribution in [3.8, 4) is 0 Å². The van der Waals surface area contributed by atoms with Gasteiger partial charge in [0.25, 0.3) is 0 Å². The second kappa shape index (κ2) is 4.09. The number of aliphatic hydroxyl groups is 1. The number of hydrogen-bond acceptors (Lipinski definition) is 2. The van der Waals surface area contributed by atoms with E-state index in [1.807, 2.05) is 6.92 Å². The topological polar surface area (TPSA) is 46.2 Å². The Kier molecular flexibility index (Phi) is 4.04. The van der Waals surface area contributed by atoms with Crippen molar-refractivity contribution >= 4 is 0 Å². The number of aliphatic hydroxyl groups excluding tert-OH is 1. The van der Waals surface area contributed by atoms with Crippen LogP contribution in [0.1, 0.15) is 19.8 Å². The molecular formula is C5H13NO. The van der Waals surface area contributed by atoms with Crippen molar-refractivity contribution in [1.29, 1.82) is 0 Å². The summed E-state index contributed by atoms with van der Waals surface area (Å²) < 4.78 is 0. The van der Waals surface area contributed by atoms with Crippen LogP contribution in [-0.4, -0.2) is 17.8 Å². The first-order valence-electron chi connectivity index (χ1n) is 2.69.